The van der Waals surface area contributed by atoms with Gasteiger partial charge in [-0.2, -0.15) is 0 Å². The molecule has 0 bridgehead atoms. The quantitative estimate of drug-likeness (QED) is 0.480. The molecule has 0 aliphatic carbocycles. The first kappa shape index (κ1) is 21.0. The Labute approximate surface area is 182 Å². The monoisotopic (exact) mass is 470 g/mol. The number of ether oxygens (including phenoxy) is 2. The van der Waals surface area contributed by atoms with Crippen LogP contribution < -0.4 is 14.8 Å². The van der Waals surface area contributed by atoms with Crippen LogP contribution in [0.3, 0.4) is 0 Å². The highest BCUT2D eigenvalue weighted by Crippen LogP contribution is 2.36. The first-order chi connectivity index (χ1) is 14.0. The second-order valence-corrected chi connectivity index (χ2v) is 7.90. The molecule has 7 heteroatoms. The molecule has 1 saturated heterocycles. The molecule has 1 fully saturated rings. The van der Waals surface area contributed by atoms with Gasteiger partial charge in [0.05, 0.1) is 17.7 Å². The molecule has 5 nitrogen and oxygen atoms in total. The Morgan fingerprint density at radius 2 is 2.03 bits per heavy atom. The molecule has 0 aromatic heterocycles. The molecule has 3 rings (SSSR count). The number of methoxy groups -OCH3 is 1. The zero-order valence-corrected chi connectivity index (χ0v) is 18.4. The van der Waals surface area contributed by atoms with Crippen LogP contribution in [0.4, 0.5) is 5.69 Å². The number of hydrogen-bond donors (Lipinski definition) is 1. The molecule has 1 N–H and O–H groups in total. The lowest BCUT2D eigenvalue weighted by Crippen LogP contribution is -2.19. The van der Waals surface area contributed by atoms with Crippen molar-refractivity contribution in [1.29, 1.82) is 0 Å². The van der Waals surface area contributed by atoms with Gasteiger partial charge in [0.2, 0.25) is 0 Å². The Morgan fingerprint density at radius 3 is 2.69 bits per heavy atom. The van der Waals surface area contributed by atoms with E-state index in [0.29, 0.717) is 21.6 Å². The van der Waals surface area contributed by atoms with Gasteiger partial charge in [0.1, 0.15) is 6.61 Å². The number of carbonyl (C=O) groups is 1. The maximum absolute atomic E-state index is 12.4. The van der Waals surface area contributed by atoms with Gasteiger partial charge in [-0.25, -0.2) is 4.99 Å². The van der Waals surface area contributed by atoms with Crippen LogP contribution in [0.15, 0.2) is 50.8 Å². The predicted octanol–water partition coefficient (Wildman–Crippen LogP) is 4.92. The van der Waals surface area contributed by atoms with Crippen LogP contribution in [0, 0.1) is 12.3 Å². The first-order valence-corrected chi connectivity index (χ1v) is 10.5. The molecule has 2 aromatic carbocycles. The van der Waals surface area contributed by atoms with Crippen LogP contribution in [-0.4, -0.2) is 24.8 Å². The second-order valence-electron chi connectivity index (χ2n) is 6.02. The van der Waals surface area contributed by atoms with E-state index in [1.54, 1.807) is 25.3 Å². The van der Waals surface area contributed by atoms with Crippen molar-refractivity contribution in [3.63, 3.8) is 0 Å². The topological polar surface area (TPSA) is 59.9 Å². The summed E-state index contributed by atoms with van der Waals surface area (Å²) in [5.74, 6) is 3.29. The summed E-state index contributed by atoms with van der Waals surface area (Å²) in [5.41, 5.74) is 2.82. The summed E-state index contributed by atoms with van der Waals surface area (Å²) in [4.78, 5) is 17.4. The van der Waals surface area contributed by atoms with Gasteiger partial charge in [-0.05, 0) is 59.7 Å². The van der Waals surface area contributed by atoms with E-state index < -0.39 is 0 Å². The molecule has 1 amide bonds. The minimum atomic E-state index is -0.197. The van der Waals surface area contributed by atoms with Crippen molar-refractivity contribution in [2.24, 2.45) is 4.99 Å². The van der Waals surface area contributed by atoms with Crippen LogP contribution in [0.5, 0.6) is 11.5 Å². The van der Waals surface area contributed by atoms with E-state index >= 15 is 0 Å². The first-order valence-electron chi connectivity index (χ1n) is 8.86. The van der Waals surface area contributed by atoms with Crippen LogP contribution in [0.25, 0.3) is 6.08 Å². The molecule has 0 spiro atoms. The summed E-state index contributed by atoms with van der Waals surface area (Å²) >= 11 is 4.80. The molecule has 29 heavy (non-hydrogen) atoms. The van der Waals surface area contributed by atoms with Gasteiger partial charge in [-0.1, -0.05) is 40.9 Å². The average molecular weight is 471 g/mol. The number of halogens is 1. The fourth-order valence-electron chi connectivity index (χ4n) is 2.60. The fraction of sp³-hybridized carbons (Fsp3) is 0.182. The minimum absolute atomic E-state index is 0.139. The van der Waals surface area contributed by atoms with E-state index in [1.165, 1.54) is 17.3 Å². The Bertz CT molecular complexity index is 1020. The molecule has 1 heterocycles. The van der Waals surface area contributed by atoms with E-state index in [1.807, 2.05) is 24.3 Å². The van der Waals surface area contributed by atoms with Crippen molar-refractivity contribution < 1.29 is 14.3 Å². The number of aliphatic imine (C=N–C) groups is 1. The molecular formula is C22H19BrN2O3S. The van der Waals surface area contributed by atoms with Crippen molar-refractivity contribution in [2.75, 3.05) is 13.7 Å². The van der Waals surface area contributed by atoms with Gasteiger partial charge in [0, 0.05) is 4.47 Å². The Balaban J connectivity index is 1.84. The zero-order valence-electron chi connectivity index (χ0n) is 16.0. The molecule has 148 valence electrons. The van der Waals surface area contributed by atoms with E-state index in [4.69, 9.17) is 15.9 Å². The molecule has 0 radical (unpaired) electrons. The van der Waals surface area contributed by atoms with Crippen molar-refractivity contribution in [2.45, 2.75) is 13.3 Å². The smallest absolute Gasteiger partial charge is 0.264 e. The minimum Gasteiger partial charge on any atom is -0.493 e. The third-order valence-corrected chi connectivity index (χ3v) is 5.70. The third kappa shape index (κ3) is 5.22. The summed E-state index contributed by atoms with van der Waals surface area (Å²) in [6, 6.07) is 11.5. The standard InChI is InChI=1S/C22H19BrN2O3S/c1-4-10-28-19-13-17(23)15(11-18(19)27-3)12-20-21(26)25-22(29-20)24-16-8-6-14(5-2)7-9-16/h1,6-9,11-13H,5,10H2,2-3H3,(H,24,25,26)/b20-12-. The molecule has 2 aromatic rings. The number of amidine groups is 1. The zero-order chi connectivity index (χ0) is 20.8. The number of terminal acetylenes is 1. The average Bonchev–Trinajstić information content (AvgIpc) is 3.07. The van der Waals surface area contributed by atoms with Gasteiger partial charge in [-0.15, -0.1) is 6.42 Å². The highest BCUT2D eigenvalue weighted by molar-refractivity contribution is 9.10. The molecule has 0 saturated carbocycles. The normalized spacial score (nSPS) is 16.0. The highest BCUT2D eigenvalue weighted by Gasteiger charge is 2.24. The number of carbonyl (C=O) groups excluding carboxylic acids is 1. The van der Waals surface area contributed by atoms with E-state index in [9.17, 15) is 4.79 Å². The number of thioether (sulfide) groups is 1. The maximum atomic E-state index is 12.4. The van der Waals surface area contributed by atoms with Crippen molar-refractivity contribution in [3.8, 4) is 23.8 Å². The third-order valence-electron chi connectivity index (χ3n) is 4.11. The molecule has 1 aliphatic rings. The largest absolute Gasteiger partial charge is 0.493 e. The van der Waals surface area contributed by atoms with Crippen molar-refractivity contribution in [1.82, 2.24) is 5.32 Å². The number of aryl methyl sites for hydroxylation is 1. The number of rotatable bonds is 6. The summed E-state index contributed by atoms with van der Waals surface area (Å²) in [6.45, 7) is 2.24. The summed E-state index contributed by atoms with van der Waals surface area (Å²) < 4.78 is 11.6. The molecule has 0 unspecified atom stereocenters. The summed E-state index contributed by atoms with van der Waals surface area (Å²) in [7, 11) is 1.55. The van der Waals surface area contributed by atoms with Gasteiger partial charge < -0.3 is 14.8 Å². The summed E-state index contributed by atoms with van der Waals surface area (Å²) in [5, 5.41) is 3.35. The lowest BCUT2D eigenvalue weighted by Gasteiger charge is -2.11. The Kier molecular flexibility index (Phi) is 7.02. The SMILES string of the molecule is C#CCOc1cc(Br)c(/C=C2\SC(=Nc3ccc(CC)cc3)NC2=O)cc1OC. The molecular weight excluding hydrogens is 452 g/mol. The van der Waals surface area contributed by atoms with Gasteiger partial charge in [-0.3, -0.25) is 4.79 Å². The van der Waals surface area contributed by atoms with Gasteiger partial charge >= 0.3 is 0 Å². The predicted molar refractivity (Wildman–Crippen MR) is 122 cm³/mol. The summed E-state index contributed by atoms with van der Waals surface area (Å²) in [6.07, 6.45) is 8.00. The van der Waals surface area contributed by atoms with Crippen LogP contribution >= 0.6 is 27.7 Å². The second kappa shape index (κ2) is 9.68. The number of hydrogen-bond acceptors (Lipinski definition) is 5. The number of amides is 1. The van der Waals surface area contributed by atoms with Crippen molar-refractivity contribution in [3.05, 3.63) is 56.9 Å². The maximum Gasteiger partial charge on any atom is 0.264 e. The Hall–Kier alpha value is -2.69. The van der Waals surface area contributed by atoms with Crippen LogP contribution in [0.2, 0.25) is 0 Å². The lowest BCUT2D eigenvalue weighted by molar-refractivity contribution is -0.115. The molecule has 0 atom stereocenters. The van der Waals surface area contributed by atoms with Gasteiger partial charge in [0.25, 0.3) is 5.91 Å². The lowest BCUT2D eigenvalue weighted by atomic mass is 10.2. The Morgan fingerprint density at radius 1 is 1.28 bits per heavy atom. The van der Waals surface area contributed by atoms with Crippen molar-refractivity contribution >= 4 is 50.5 Å². The van der Waals surface area contributed by atoms with E-state index in [0.717, 1.165) is 22.1 Å². The van der Waals surface area contributed by atoms with Crippen LogP contribution in [-0.2, 0) is 11.2 Å². The fourth-order valence-corrected chi connectivity index (χ4v) is 3.87. The number of benzene rings is 2. The highest BCUT2D eigenvalue weighted by atomic mass is 79.9. The number of nitrogens with one attached hydrogen (secondary N) is 1. The van der Waals surface area contributed by atoms with E-state index in [2.05, 4.69) is 39.1 Å². The number of nitrogens with zero attached hydrogens (tertiary/aromatic N) is 1. The van der Waals surface area contributed by atoms with Gasteiger partial charge in [0.15, 0.2) is 16.7 Å². The molecule has 1 aliphatic heterocycles. The van der Waals surface area contributed by atoms with E-state index in [-0.39, 0.29) is 12.5 Å². The van der Waals surface area contributed by atoms with Crippen LogP contribution in [0.1, 0.15) is 18.1 Å².